The molecule has 0 fully saturated rings. The summed E-state index contributed by atoms with van der Waals surface area (Å²) in [5, 5.41) is 0. The van der Waals surface area contributed by atoms with Crippen molar-refractivity contribution in [1.82, 2.24) is 4.90 Å². The predicted octanol–water partition coefficient (Wildman–Crippen LogP) is 3.89. The Morgan fingerprint density at radius 3 is 2.22 bits per heavy atom. The summed E-state index contributed by atoms with van der Waals surface area (Å²) in [6, 6.07) is 16.6. The second-order valence-corrected chi connectivity index (χ2v) is 5.52. The van der Waals surface area contributed by atoms with E-state index in [1.165, 1.54) is 27.2 Å². The van der Waals surface area contributed by atoms with E-state index in [2.05, 4.69) is 30.2 Å². The van der Waals surface area contributed by atoms with Crippen LogP contribution in [-0.2, 0) is 4.74 Å². The van der Waals surface area contributed by atoms with Gasteiger partial charge in [0.25, 0.3) is 0 Å². The molecule has 0 radical (unpaired) electrons. The van der Waals surface area contributed by atoms with Crippen molar-refractivity contribution >= 4 is 6.09 Å². The highest BCUT2D eigenvalue weighted by Gasteiger charge is 2.29. The molecule has 2 aromatic rings. The molecule has 0 saturated carbocycles. The summed E-state index contributed by atoms with van der Waals surface area (Å²) in [7, 11) is 0. The van der Waals surface area contributed by atoms with E-state index < -0.39 is 0 Å². The smallest absolute Gasteiger partial charge is 0.410 e. The molecule has 0 unspecified atom stereocenters. The minimum absolute atomic E-state index is 0.0795. The lowest BCUT2D eigenvalue weighted by Gasteiger charge is -2.20. The van der Waals surface area contributed by atoms with E-state index in [1.54, 1.807) is 0 Å². The predicted molar refractivity (Wildman–Crippen MR) is 91.1 cm³/mol. The molecule has 0 aromatic heterocycles. The maximum atomic E-state index is 12.2. The number of carbonyl (C=O) groups excluding carboxylic acids is 1. The molecule has 0 aliphatic heterocycles. The van der Waals surface area contributed by atoms with Crippen molar-refractivity contribution in [2.24, 2.45) is 0 Å². The maximum absolute atomic E-state index is 12.2. The van der Waals surface area contributed by atoms with E-state index >= 15 is 0 Å². The van der Waals surface area contributed by atoms with Crippen LogP contribution in [0, 0.1) is 12.3 Å². The molecule has 0 atom stereocenters. The van der Waals surface area contributed by atoms with Gasteiger partial charge < -0.3 is 4.74 Å². The van der Waals surface area contributed by atoms with Gasteiger partial charge in [-0.3, -0.25) is 4.90 Å². The minimum Gasteiger partial charge on any atom is -0.448 e. The summed E-state index contributed by atoms with van der Waals surface area (Å²) in [6.45, 7) is 3.03. The van der Waals surface area contributed by atoms with E-state index in [0.29, 0.717) is 13.2 Å². The van der Waals surface area contributed by atoms with Gasteiger partial charge in [-0.1, -0.05) is 54.5 Å². The Bertz CT molecular complexity index is 715. The van der Waals surface area contributed by atoms with Crippen LogP contribution < -0.4 is 0 Å². The van der Waals surface area contributed by atoms with Crippen molar-refractivity contribution in [3.8, 4) is 23.5 Å². The number of fused-ring (bicyclic) bond motifs is 3. The van der Waals surface area contributed by atoms with Crippen LogP contribution in [0.2, 0.25) is 0 Å². The monoisotopic (exact) mass is 305 g/mol. The Labute approximate surface area is 136 Å². The molecule has 3 nitrogen and oxygen atoms in total. The van der Waals surface area contributed by atoms with Gasteiger partial charge in [0.15, 0.2) is 0 Å². The van der Waals surface area contributed by atoms with Gasteiger partial charge in [0.1, 0.15) is 6.61 Å². The largest absolute Gasteiger partial charge is 0.448 e. The molecular formula is C20H19NO2. The highest BCUT2D eigenvalue weighted by molar-refractivity contribution is 5.79. The van der Waals surface area contributed by atoms with Crippen molar-refractivity contribution in [3.63, 3.8) is 0 Å². The fraction of sp³-hybridized carbons (Fsp3) is 0.250. The van der Waals surface area contributed by atoms with Gasteiger partial charge in [0.05, 0.1) is 6.54 Å². The molecule has 0 spiro atoms. The van der Waals surface area contributed by atoms with E-state index in [-0.39, 0.29) is 18.6 Å². The first-order valence-electron chi connectivity index (χ1n) is 7.79. The van der Waals surface area contributed by atoms with Gasteiger partial charge in [-0.15, -0.1) is 6.42 Å². The number of ether oxygens (including phenoxy) is 1. The lowest BCUT2D eigenvalue weighted by molar-refractivity contribution is 0.106. The molecule has 3 heteroatoms. The molecular weight excluding hydrogens is 286 g/mol. The number of benzene rings is 2. The molecule has 1 aliphatic carbocycles. The zero-order valence-corrected chi connectivity index (χ0v) is 13.2. The van der Waals surface area contributed by atoms with Crippen molar-refractivity contribution in [1.29, 1.82) is 0 Å². The molecule has 2 aromatic carbocycles. The van der Waals surface area contributed by atoms with Gasteiger partial charge in [0, 0.05) is 12.5 Å². The third-order valence-electron chi connectivity index (χ3n) is 4.26. The average Bonchev–Trinajstić information content (AvgIpc) is 2.91. The third kappa shape index (κ3) is 2.80. The standard InChI is InChI=1S/C20H19NO2/c1-3-13-21(4-2)20(22)23-14-19-17-11-7-5-9-15(17)16-10-6-8-12-18(16)19/h1,5-12,19H,4,13-14H2,2H3. The zero-order valence-electron chi connectivity index (χ0n) is 13.2. The molecule has 1 amide bonds. The van der Waals surface area contributed by atoms with Crippen molar-refractivity contribution in [2.75, 3.05) is 19.7 Å². The molecule has 23 heavy (non-hydrogen) atoms. The van der Waals surface area contributed by atoms with Gasteiger partial charge in [0.2, 0.25) is 0 Å². The van der Waals surface area contributed by atoms with Crippen LogP contribution in [0.25, 0.3) is 11.1 Å². The highest BCUT2D eigenvalue weighted by atomic mass is 16.6. The van der Waals surface area contributed by atoms with E-state index in [1.807, 2.05) is 31.2 Å². The van der Waals surface area contributed by atoms with Gasteiger partial charge in [-0.05, 0) is 29.2 Å². The zero-order chi connectivity index (χ0) is 16.2. The lowest BCUT2D eigenvalue weighted by atomic mass is 9.98. The SMILES string of the molecule is C#CCN(CC)C(=O)OCC1c2ccccc2-c2ccccc21. The second-order valence-electron chi connectivity index (χ2n) is 5.52. The Hall–Kier alpha value is -2.73. The molecule has 0 N–H and O–H groups in total. The maximum Gasteiger partial charge on any atom is 0.410 e. The molecule has 116 valence electrons. The average molecular weight is 305 g/mol. The number of nitrogens with zero attached hydrogens (tertiary/aromatic N) is 1. The highest BCUT2D eigenvalue weighted by Crippen LogP contribution is 2.44. The fourth-order valence-corrected chi connectivity index (χ4v) is 3.10. The van der Waals surface area contributed by atoms with Gasteiger partial charge >= 0.3 is 6.09 Å². The first kappa shape index (κ1) is 15.2. The van der Waals surface area contributed by atoms with Crippen LogP contribution in [-0.4, -0.2) is 30.7 Å². The summed E-state index contributed by atoms with van der Waals surface area (Å²) in [5.74, 6) is 2.56. The molecule has 0 bridgehead atoms. The van der Waals surface area contributed by atoms with E-state index in [4.69, 9.17) is 11.2 Å². The molecule has 0 heterocycles. The number of rotatable bonds is 4. The first-order chi connectivity index (χ1) is 11.3. The summed E-state index contributed by atoms with van der Waals surface area (Å²) in [4.78, 5) is 13.7. The van der Waals surface area contributed by atoms with Crippen LogP contribution in [0.5, 0.6) is 0 Å². The summed E-state index contributed by atoms with van der Waals surface area (Å²) in [6.07, 6.45) is 4.93. The lowest BCUT2D eigenvalue weighted by Crippen LogP contribution is -2.32. The van der Waals surface area contributed by atoms with Crippen molar-refractivity contribution < 1.29 is 9.53 Å². The summed E-state index contributed by atoms with van der Waals surface area (Å²) >= 11 is 0. The Morgan fingerprint density at radius 2 is 1.70 bits per heavy atom. The summed E-state index contributed by atoms with van der Waals surface area (Å²) < 4.78 is 5.54. The normalized spacial score (nSPS) is 12.2. The van der Waals surface area contributed by atoms with Crippen LogP contribution in [0.1, 0.15) is 24.0 Å². The van der Waals surface area contributed by atoms with Crippen LogP contribution in [0.3, 0.4) is 0 Å². The number of carbonyl (C=O) groups is 1. The summed E-state index contributed by atoms with van der Waals surface area (Å²) in [5.41, 5.74) is 4.86. The van der Waals surface area contributed by atoms with Crippen molar-refractivity contribution in [2.45, 2.75) is 12.8 Å². The molecule has 3 rings (SSSR count). The van der Waals surface area contributed by atoms with Crippen LogP contribution in [0.15, 0.2) is 48.5 Å². The van der Waals surface area contributed by atoms with Crippen molar-refractivity contribution in [3.05, 3.63) is 59.7 Å². The Balaban J connectivity index is 1.81. The number of hydrogen-bond acceptors (Lipinski definition) is 2. The number of hydrogen-bond donors (Lipinski definition) is 0. The molecule has 1 aliphatic rings. The third-order valence-corrected chi connectivity index (χ3v) is 4.26. The Kier molecular flexibility index (Phi) is 4.34. The number of terminal acetylenes is 1. The van der Waals surface area contributed by atoms with Crippen LogP contribution in [0.4, 0.5) is 4.79 Å². The first-order valence-corrected chi connectivity index (χ1v) is 7.79. The quantitative estimate of drug-likeness (QED) is 0.802. The Morgan fingerprint density at radius 1 is 1.13 bits per heavy atom. The minimum atomic E-state index is -0.354. The number of amides is 1. The van der Waals surface area contributed by atoms with E-state index in [0.717, 1.165) is 0 Å². The second kappa shape index (κ2) is 6.58. The molecule has 0 saturated heterocycles. The van der Waals surface area contributed by atoms with E-state index in [9.17, 15) is 4.79 Å². The fourth-order valence-electron chi connectivity index (χ4n) is 3.10. The van der Waals surface area contributed by atoms with Gasteiger partial charge in [-0.2, -0.15) is 0 Å². The van der Waals surface area contributed by atoms with Crippen LogP contribution >= 0.6 is 0 Å². The topological polar surface area (TPSA) is 29.5 Å². The van der Waals surface area contributed by atoms with Gasteiger partial charge in [-0.25, -0.2) is 4.79 Å².